The summed E-state index contributed by atoms with van der Waals surface area (Å²) < 4.78 is 40.0. The predicted molar refractivity (Wildman–Crippen MR) is 111 cm³/mol. The summed E-state index contributed by atoms with van der Waals surface area (Å²) in [5, 5.41) is 10.8. The molecule has 4 rings (SSSR count). The second-order valence-electron chi connectivity index (χ2n) is 6.42. The topological polar surface area (TPSA) is 80.6 Å². The number of halogens is 4. The molecule has 3 aromatic rings. The highest BCUT2D eigenvalue weighted by Crippen LogP contribution is 2.29. The molecule has 0 unspecified atom stereocenters. The van der Waals surface area contributed by atoms with Crippen LogP contribution in [0.4, 0.5) is 18.9 Å². The fourth-order valence-corrected chi connectivity index (χ4v) is 3.21. The van der Waals surface area contributed by atoms with Crippen LogP contribution in [0.3, 0.4) is 0 Å². The number of hydrogen-bond donors (Lipinski definition) is 2. The van der Waals surface area contributed by atoms with Crippen molar-refractivity contribution in [3.05, 3.63) is 59.0 Å². The lowest BCUT2D eigenvalue weighted by Crippen LogP contribution is -2.22. The van der Waals surface area contributed by atoms with E-state index in [1.54, 1.807) is 0 Å². The van der Waals surface area contributed by atoms with E-state index >= 15 is 0 Å². The minimum Gasteiger partial charge on any atom is -0.370 e. The van der Waals surface area contributed by atoms with Crippen LogP contribution in [0.15, 0.2) is 41.5 Å². The largest absolute Gasteiger partial charge is 0.417 e. The van der Waals surface area contributed by atoms with Gasteiger partial charge < -0.3 is 11.1 Å². The Bertz CT molecular complexity index is 1030. The summed E-state index contributed by atoms with van der Waals surface area (Å²) >= 11 is 0. The van der Waals surface area contributed by atoms with Crippen molar-refractivity contribution in [2.45, 2.75) is 32.0 Å². The number of alkyl halides is 3. The van der Waals surface area contributed by atoms with Gasteiger partial charge in [-0.15, -0.1) is 34.2 Å². The first-order chi connectivity index (χ1) is 12.9. The smallest absolute Gasteiger partial charge is 0.370 e. The molecule has 0 fully saturated rings. The van der Waals surface area contributed by atoms with Crippen LogP contribution in [-0.4, -0.2) is 20.6 Å². The minimum absolute atomic E-state index is 0. The number of nitrogens with zero attached hydrogens (tertiary/aromatic N) is 4. The van der Waals surface area contributed by atoms with Crippen LogP contribution in [0.2, 0.25) is 0 Å². The molecule has 0 saturated carbocycles. The molecule has 6 nitrogen and oxygen atoms in total. The Kier molecular flexibility index (Phi) is 5.77. The van der Waals surface area contributed by atoms with Gasteiger partial charge in [-0.2, -0.15) is 13.2 Å². The van der Waals surface area contributed by atoms with Crippen LogP contribution in [-0.2, 0) is 25.6 Å². The maximum absolute atomic E-state index is 12.9. The van der Waals surface area contributed by atoms with Gasteiger partial charge in [0.2, 0.25) is 0 Å². The van der Waals surface area contributed by atoms with E-state index in [9.17, 15) is 13.2 Å². The molecule has 3 N–H and O–H groups in total. The summed E-state index contributed by atoms with van der Waals surface area (Å²) in [4.78, 5) is 4.18. The predicted octanol–water partition coefficient (Wildman–Crippen LogP) is 3.78. The van der Waals surface area contributed by atoms with Crippen molar-refractivity contribution in [1.29, 1.82) is 0 Å². The Morgan fingerprint density at radius 1 is 1.14 bits per heavy atom. The zero-order valence-electron chi connectivity index (χ0n) is 14.7. The maximum Gasteiger partial charge on any atom is 0.417 e. The Hall–Kier alpha value is -2.37. The molecule has 148 valence electrons. The van der Waals surface area contributed by atoms with E-state index in [0.717, 1.165) is 37.2 Å². The third-order valence-corrected chi connectivity index (χ3v) is 4.56. The second-order valence-corrected chi connectivity index (χ2v) is 6.42. The first-order valence-corrected chi connectivity index (χ1v) is 8.50. The average Bonchev–Trinajstić information content (AvgIpc) is 3.25. The minimum atomic E-state index is -4.44. The van der Waals surface area contributed by atoms with E-state index in [-0.39, 0.29) is 42.3 Å². The van der Waals surface area contributed by atoms with Crippen LogP contribution in [0.1, 0.15) is 28.9 Å². The number of aryl methyl sites for hydroxylation is 2. The van der Waals surface area contributed by atoms with Gasteiger partial charge in [-0.3, -0.25) is 4.40 Å². The molecule has 1 aliphatic carbocycles. The highest BCUT2D eigenvalue weighted by Gasteiger charge is 2.31. The van der Waals surface area contributed by atoms with Crippen LogP contribution in [0, 0.1) is 0 Å². The number of pyridine rings is 1. The quantitative estimate of drug-likeness (QED) is 0.325. The number of rotatable bonds is 3. The van der Waals surface area contributed by atoms with Crippen molar-refractivity contribution < 1.29 is 13.2 Å². The third-order valence-electron chi connectivity index (χ3n) is 4.56. The van der Waals surface area contributed by atoms with E-state index < -0.39 is 11.7 Å². The van der Waals surface area contributed by atoms with Crippen LogP contribution >= 0.6 is 24.0 Å². The van der Waals surface area contributed by atoms with Gasteiger partial charge in [-0.1, -0.05) is 6.07 Å². The van der Waals surface area contributed by atoms with Crippen LogP contribution < -0.4 is 11.1 Å². The summed E-state index contributed by atoms with van der Waals surface area (Å²) in [6, 6.07) is 8.31. The number of nitrogens with one attached hydrogen (secondary N) is 1. The molecule has 2 aromatic heterocycles. The molecular weight excluding hydrogens is 484 g/mol. The molecular formula is C18H18F3IN6. The van der Waals surface area contributed by atoms with Gasteiger partial charge in [0, 0.05) is 11.9 Å². The fraction of sp³-hybridized carbons (Fsp3) is 0.278. The number of fused-ring (bicyclic) bond motifs is 2. The highest BCUT2D eigenvalue weighted by molar-refractivity contribution is 14.0. The lowest BCUT2D eigenvalue weighted by Gasteiger charge is -2.08. The van der Waals surface area contributed by atoms with Crippen LogP contribution in [0.25, 0.3) is 5.65 Å². The fourth-order valence-electron chi connectivity index (χ4n) is 3.21. The number of guanidine groups is 1. The molecule has 0 radical (unpaired) electrons. The zero-order chi connectivity index (χ0) is 19.0. The van der Waals surface area contributed by atoms with E-state index in [0.29, 0.717) is 5.65 Å². The zero-order valence-corrected chi connectivity index (χ0v) is 17.0. The van der Waals surface area contributed by atoms with Gasteiger partial charge in [0.1, 0.15) is 6.54 Å². The third kappa shape index (κ3) is 4.21. The van der Waals surface area contributed by atoms with Crippen LogP contribution in [0.5, 0.6) is 0 Å². The Balaban J connectivity index is 0.00000225. The number of nitrogens with two attached hydrogens (primary N) is 1. The Morgan fingerprint density at radius 3 is 2.71 bits per heavy atom. The van der Waals surface area contributed by atoms with E-state index in [2.05, 4.69) is 26.6 Å². The first kappa shape index (κ1) is 20.4. The molecule has 0 aliphatic heterocycles. The van der Waals surface area contributed by atoms with E-state index in [4.69, 9.17) is 5.73 Å². The molecule has 1 aliphatic rings. The van der Waals surface area contributed by atoms with Gasteiger partial charge >= 0.3 is 6.18 Å². The molecule has 0 saturated heterocycles. The van der Waals surface area contributed by atoms with Gasteiger partial charge in [-0.05, 0) is 54.7 Å². The van der Waals surface area contributed by atoms with Gasteiger partial charge in [0.25, 0.3) is 0 Å². The normalized spacial score (nSPS) is 14.0. The van der Waals surface area contributed by atoms with Crippen molar-refractivity contribution in [1.82, 2.24) is 14.6 Å². The summed E-state index contributed by atoms with van der Waals surface area (Å²) in [6.45, 7) is 0.00620. The SMILES string of the molecule is I.NC(=NCc1nnc2ccc(C(F)(F)F)cn12)Nc1ccc2c(c1)CCC2. The first-order valence-electron chi connectivity index (χ1n) is 8.50. The van der Waals surface area contributed by atoms with E-state index in [1.807, 2.05) is 12.1 Å². The molecule has 28 heavy (non-hydrogen) atoms. The molecule has 10 heteroatoms. The van der Waals surface area contributed by atoms with Crippen molar-refractivity contribution in [2.75, 3.05) is 5.32 Å². The van der Waals surface area contributed by atoms with Crippen molar-refractivity contribution in [3.63, 3.8) is 0 Å². The number of aromatic nitrogens is 3. The van der Waals surface area contributed by atoms with Gasteiger partial charge in [-0.25, -0.2) is 4.99 Å². The van der Waals surface area contributed by atoms with Crippen molar-refractivity contribution >= 4 is 41.3 Å². The molecule has 0 amide bonds. The highest BCUT2D eigenvalue weighted by atomic mass is 127. The summed E-state index contributed by atoms with van der Waals surface area (Å²) in [5.74, 6) is 0.437. The lowest BCUT2D eigenvalue weighted by atomic mass is 10.1. The van der Waals surface area contributed by atoms with Crippen molar-refractivity contribution in [2.24, 2.45) is 10.7 Å². The van der Waals surface area contributed by atoms with Crippen molar-refractivity contribution in [3.8, 4) is 0 Å². The molecule has 0 bridgehead atoms. The Morgan fingerprint density at radius 2 is 1.93 bits per heavy atom. The number of hydrogen-bond acceptors (Lipinski definition) is 3. The van der Waals surface area contributed by atoms with Gasteiger partial charge in [0.15, 0.2) is 17.4 Å². The molecule has 0 spiro atoms. The number of anilines is 1. The summed E-state index contributed by atoms with van der Waals surface area (Å²) in [7, 11) is 0. The average molecular weight is 502 g/mol. The summed E-state index contributed by atoms with van der Waals surface area (Å²) in [5.41, 5.74) is 8.95. The second kappa shape index (κ2) is 7.94. The number of benzene rings is 1. The van der Waals surface area contributed by atoms with E-state index in [1.165, 1.54) is 21.6 Å². The molecule has 1 aromatic carbocycles. The summed E-state index contributed by atoms with van der Waals surface area (Å²) in [6.07, 6.45) is -0.173. The number of aliphatic imine (C=N–C) groups is 1. The molecule has 0 atom stereocenters. The molecule has 2 heterocycles. The Labute approximate surface area is 176 Å². The maximum atomic E-state index is 12.9. The monoisotopic (exact) mass is 502 g/mol. The lowest BCUT2D eigenvalue weighted by molar-refractivity contribution is -0.137. The van der Waals surface area contributed by atoms with Gasteiger partial charge in [0.05, 0.1) is 5.56 Å². The standard InChI is InChI=1S/C18H17F3N6.HI/c19-18(20,21)13-5-7-15-25-26-16(27(15)10-13)9-23-17(22)24-14-6-4-11-2-1-3-12(11)8-14;/h4-8,10H,1-3,9H2,(H3,22,23,24);1H.